The van der Waals surface area contributed by atoms with E-state index in [-0.39, 0.29) is 5.78 Å². The molecule has 0 saturated carbocycles. The molecule has 4 aromatic carbocycles. The van der Waals surface area contributed by atoms with Crippen molar-refractivity contribution in [3.63, 3.8) is 0 Å². The maximum absolute atomic E-state index is 13.6. The predicted octanol–water partition coefficient (Wildman–Crippen LogP) is 10.8. The van der Waals surface area contributed by atoms with Gasteiger partial charge in [-0.2, -0.15) is 0 Å². The van der Waals surface area contributed by atoms with Gasteiger partial charge in [-0.05, 0) is 122 Å². The van der Waals surface area contributed by atoms with Gasteiger partial charge in [-0.25, -0.2) is 0 Å². The van der Waals surface area contributed by atoms with E-state index in [2.05, 4.69) is 148 Å². The van der Waals surface area contributed by atoms with Crippen molar-refractivity contribution < 1.29 is 13.9 Å². The number of unbranched alkanes of at least 4 members (excludes halogenated alkanes) is 1. The number of carbonyl (C=O) groups excluding carboxylic acids is 1. The summed E-state index contributed by atoms with van der Waals surface area (Å²) < 4.78 is 16.6. The summed E-state index contributed by atoms with van der Waals surface area (Å²) in [4.78, 5) is 18.5. The topological polar surface area (TPSA) is 62.9 Å². The Morgan fingerprint density at radius 2 is 1.40 bits per heavy atom. The van der Waals surface area contributed by atoms with Crippen molar-refractivity contribution in [3.05, 3.63) is 109 Å². The third-order valence-electron chi connectivity index (χ3n) is 10.6. The number of aryl methyl sites for hydroxylation is 2. The summed E-state index contributed by atoms with van der Waals surface area (Å²) in [5, 5.41) is 7.25. The Hall–Kier alpha value is -2.97. The van der Waals surface area contributed by atoms with Crippen LogP contribution in [0.1, 0.15) is 75.6 Å². The van der Waals surface area contributed by atoms with Gasteiger partial charge in [-0.1, -0.05) is 81.8 Å². The van der Waals surface area contributed by atoms with Crippen LogP contribution in [0.15, 0.2) is 89.3 Å². The molecule has 0 spiro atoms. The van der Waals surface area contributed by atoms with E-state index >= 15 is 0 Å². The highest BCUT2D eigenvalue weighted by Gasteiger charge is 2.24. The molecular weight excluding hydrogens is 910 g/mol. The van der Waals surface area contributed by atoms with Crippen LogP contribution in [0.4, 0.5) is 0 Å². The molecule has 2 atom stereocenters. The minimum absolute atomic E-state index is 0.0153. The van der Waals surface area contributed by atoms with Crippen LogP contribution in [0.25, 0.3) is 32.8 Å². The molecule has 1 aliphatic heterocycles. The van der Waals surface area contributed by atoms with Crippen LogP contribution in [-0.4, -0.2) is 78.1 Å². The molecule has 55 heavy (non-hydrogen) atoms. The summed E-state index contributed by atoms with van der Waals surface area (Å²) in [6.45, 7) is 19.2. The highest BCUT2D eigenvalue weighted by atomic mass is 127. The minimum atomic E-state index is 0.0153. The van der Waals surface area contributed by atoms with Crippen molar-refractivity contribution in [2.45, 2.75) is 78.9 Å². The van der Waals surface area contributed by atoms with Gasteiger partial charge in [-0.3, -0.25) is 4.79 Å². The number of hydrogen-bond donors (Lipinski definition) is 1. The second-order valence-electron chi connectivity index (χ2n) is 14.7. The summed E-state index contributed by atoms with van der Waals surface area (Å²) >= 11 is 4.54. The maximum atomic E-state index is 13.6. The fourth-order valence-electron chi connectivity index (χ4n) is 7.97. The molecule has 7 rings (SSSR count). The Bertz CT molecular complexity index is 2100. The largest absolute Gasteiger partial charge is 0.490 e. The van der Waals surface area contributed by atoms with Gasteiger partial charge in [0.2, 0.25) is 0 Å². The van der Waals surface area contributed by atoms with Crippen molar-refractivity contribution in [3.8, 4) is 5.75 Å². The lowest BCUT2D eigenvalue weighted by molar-refractivity contribution is 0.103. The van der Waals surface area contributed by atoms with Crippen LogP contribution in [0.5, 0.6) is 5.75 Å². The average Bonchev–Trinajstić information content (AvgIpc) is 3.71. The number of furan rings is 1. The Kier molecular flexibility index (Phi) is 15.1. The van der Waals surface area contributed by atoms with E-state index in [4.69, 9.17) is 9.15 Å². The van der Waals surface area contributed by atoms with Gasteiger partial charge in [-0.15, -0.1) is 0 Å². The summed E-state index contributed by atoms with van der Waals surface area (Å²) in [6, 6.07) is 30.5. The zero-order valence-electron chi connectivity index (χ0n) is 33.0. The van der Waals surface area contributed by atoms with Gasteiger partial charge < -0.3 is 28.8 Å². The first kappa shape index (κ1) is 41.7. The molecule has 1 aliphatic rings. The number of nitrogens with zero attached hydrogens (tertiary/aromatic N) is 3. The number of hydrogen-bond acceptors (Lipinski definition) is 6. The summed E-state index contributed by atoms with van der Waals surface area (Å²) in [6.07, 6.45) is 4.02. The summed E-state index contributed by atoms with van der Waals surface area (Å²) in [5.74, 6) is 1.66. The van der Waals surface area contributed by atoms with E-state index in [1.54, 1.807) is 0 Å². The molecule has 0 bridgehead atoms. The van der Waals surface area contributed by atoms with E-state index in [0.29, 0.717) is 29.8 Å². The van der Waals surface area contributed by atoms with E-state index in [1.807, 2.05) is 36.4 Å². The third-order valence-corrected chi connectivity index (χ3v) is 12.2. The number of benzene rings is 4. The van der Waals surface area contributed by atoms with Crippen molar-refractivity contribution in [1.29, 1.82) is 0 Å². The lowest BCUT2D eigenvalue weighted by atomic mass is 9.98. The van der Waals surface area contributed by atoms with Gasteiger partial charge in [0.25, 0.3) is 0 Å². The zero-order chi connectivity index (χ0) is 38.9. The van der Waals surface area contributed by atoms with Crippen LogP contribution >= 0.6 is 45.2 Å². The normalized spacial score (nSPS) is 16.2. The Labute approximate surface area is 354 Å². The Morgan fingerprint density at radius 3 is 2.00 bits per heavy atom. The second-order valence-corrected chi connectivity index (χ2v) is 17.1. The molecule has 1 fully saturated rings. The number of nitrogens with one attached hydrogen (secondary N) is 1. The van der Waals surface area contributed by atoms with Gasteiger partial charge in [0.15, 0.2) is 5.78 Å². The first-order valence-corrected chi connectivity index (χ1v) is 22.2. The number of fused-ring (bicyclic) bond motifs is 4. The number of halogens is 2. The van der Waals surface area contributed by atoms with Gasteiger partial charge >= 0.3 is 0 Å². The molecule has 0 aliphatic carbocycles. The lowest BCUT2D eigenvalue weighted by Gasteiger charge is -2.36. The number of ether oxygens (including phenoxy) is 1. The second kappa shape index (κ2) is 19.9. The highest BCUT2D eigenvalue weighted by molar-refractivity contribution is 14.1. The maximum Gasteiger partial charge on any atom is 0.197 e. The van der Waals surface area contributed by atoms with Crippen molar-refractivity contribution in [2.24, 2.45) is 0 Å². The number of piperazine rings is 1. The van der Waals surface area contributed by atoms with Gasteiger partial charge in [0, 0.05) is 77.4 Å². The number of likely N-dealkylation sites (N-methyl/N-ethyl adjacent to an activating group) is 1. The number of para-hydroxylation sites is 3. The summed E-state index contributed by atoms with van der Waals surface area (Å²) in [5.41, 5.74) is 4.87. The van der Waals surface area contributed by atoms with Crippen LogP contribution < -0.4 is 10.1 Å². The van der Waals surface area contributed by atoms with Crippen molar-refractivity contribution in [1.82, 2.24) is 19.7 Å². The van der Waals surface area contributed by atoms with Gasteiger partial charge in [0.1, 0.15) is 23.7 Å². The van der Waals surface area contributed by atoms with E-state index < -0.39 is 0 Å². The third kappa shape index (κ3) is 10.1. The molecule has 6 aromatic rings. The number of ketones is 1. The SMILES string of the molecule is CCCCc1oc2ccccc2c1C(=O)c1cc(I)c(OCCN(CC)CC)c(I)c1.C[C@@H]1CN(CCCn2c3ccccc3c3ccccc32)C[C@H](C)N1. The standard InChI is InChI=1S/C25H29I2NO3.C21H27N3/c1-4-7-11-22-23(18-10-8-9-12-21(18)31-22)24(29)17-15-19(26)25(20(27)16-17)30-14-13-28(5-2)6-3;1-16-14-23(15-17(2)22-16)12-7-13-24-20-10-5-3-8-18(20)19-9-4-6-11-21(19)24/h8-10,12,15-16H,4-7,11,13-14H2,1-3H3;3-6,8-11,16-17,22H,7,12-15H2,1-2H3/t;16-,17+. The lowest BCUT2D eigenvalue weighted by Crippen LogP contribution is -2.54. The fraction of sp³-hybridized carbons (Fsp3) is 0.413. The molecule has 1 saturated heterocycles. The minimum Gasteiger partial charge on any atom is -0.490 e. The molecule has 0 radical (unpaired) electrons. The quantitative estimate of drug-likeness (QED) is 0.0817. The first-order valence-electron chi connectivity index (χ1n) is 20.1. The van der Waals surface area contributed by atoms with Crippen molar-refractivity contribution >= 4 is 83.7 Å². The van der Waals surface area contributed by atoms with Crippen molar-refractivity contribution in [2.75, 3.05) is 45.9 Å². The smallest absolute Gasteiger partial charge is 0.197 e. The van der Waals surface area contributed by atoms with E-state index in [0.717, 1.165) is 88.2 Å². The van der Waals surface area contributed by atoms with E-state index in [9.17, 15) is 4.79 Å². The fourth-order valence-corrected chi connectivity index (χ4v) is 10.0. The predicted molar refractivity (Wildman–Crippen MR) is 246 cm³/mol. The average molecular weight is 967 g/mol. The monoisotopic (exact) mass is 966 g/mol. The van der Waals surface area contributed by atoms with Crippen LogP contribution in [0.2, 0.25) is 0 Å². The molecule has 1 N–H and O–H groups in total. The van der Waals surface area contributed by atoms with Crippen LogP contribution in [0.3, 0.4) is 0 Å². The molecular formula is C46H56I2N4O3. The summed E-state index contributed by atoms with van der Waals surface area (Å²) in [7, 11) is 0. The molecule has 9 heteroatoms. The molecule has 0 amide bonds. The van der Waals surface area contributed by atoms with Gasteiger partial charge in [0.05, 0.1) is 12.7 Å². The Morgan fingerprint density at radius 1 is 0.818 bits per heavy atom. The molecule has 7 nitrogen and oxygen atoms in total. The van der Waals surface area contributed by atoms with E-state index in [1.165, 1.54) is 34.8 Å². The number of carbonyl (C=O) groups is 1. The Balaban J connectivity index is 0.000000193. The first-order chi connectivity index (χ1) is 26.7. The van der Waals surface area contributed by atoms with Crippen LogP contribution in [-0.2, 0) is 13.0 Å². The molecule has 292 valence electrons. The highest BCUT2D eigenvalue weighted by Crippen LogP contribution is 2.34. The van der Waals surface area contributed by atoms with Crippen LogP contribution in [0, 0.1) is 7.14 Å². The number of aromatic nitrogens is 1. The zero-order valence-corrected chi connectivity index (χ0v) is 37.4. The molecule has 0 unspecified atom stereocenters. The molecule has 3 heterocycles. The molecule has 2 aromatic heterocycles. The number of rotatable bonds is 15.